The Kier molecular flexibility index (Phi) is 7.40. The van der Waals surface area contributed by atoms with Gasteiger partial charge in [0.15, 0.2) is 5.75 Å². The number of hydrogen-bond donors (Lipinski definition) is 3. The van der Waals surface area contributed by atoms with Crippen molar-refractivity contribution >= 4 is 33.9 Å². The predicted octanol–water partition coefficient (Wildman–Crippen LogP) is 4.45. The number of para-hydroxylation sites is 2. The summed E-state index contributed by atoms with van der Waals surface area (Å²) in [5.74, 6) is 0.758. The van der Waals surface area contributed by atoms with Gasteiger partial charge in [-0.3, -0.25) is 14.4 Å². The molecule has 4 aromatic rings. The van der Waals surface area contributed by atoms with Crippen molar-refractivity contribution in [2.45, 2.75) is 27.3 Å². The van der Waals surface area contributed by atoms with Gasteiger partial charge in [-0.05, 0) is 30.2 Å². The number of nitrogens with one attached hydrogen (secondary N) is 2. The van der Waals surface area contributed by atoms with Crippen molar-refractivity contribution in [3.05, 3.63) is 80.3 Å². The Bertz CT molecular complexity index is 1340. The Morgan fingerprint density at radius 1 is 1.00 bits per heavy atom. The van der Waals surface area contributed by atoms with Gasteiger partial charge in [-0.2, -0.15) is 0 Å². The molecule has 0 aliphatic heterocycles. The fourth-order valence-electron chi connectivity index (χ4n) is 3.17. The highest BCUT2D eigenvalue weighted by Gasteiger charge is 2.23. The van der Waals surface area contributed by atoms with E-state index in [1.807, 2.05) is 30.3 Å². The van der Waals surface area contributed by atoms with Crippen LogP contribution in [0.15, 0.2) is 62.5 Å². The highest BCUT2D eigenvalue weighted by atomic mass is 16.3. The average molecular weight is 464 g/mol. The average Bonchev–Trinajstić information content (AvgIpc) is 3.21. The third-order valence-corrected chi connectivity index (χ3v) is 4.76. The van der Waals surface area contributed by atoms with Gasteiger partial charge >= 0.3 is 0 Å². The molecule has 0 saturated carbocycles. The maximum atomic E-state index is 12.2. The summed E-state index contributed by atoms with van der Waals surface area (Å²) in [7, 11) is 3.14. The number of fused-ring (bicyclic) bond motifs is 1. The van der Waals surface area contributed by atoms with E-state index in [1.165, 1.54) is 17.0 Å². The number of carbonyl (C=O) groups is 1. The predicted molar refractivity (Wildman–Crippen MR) is 135 cm³/mol. The van der Waals surface area contributed by atoms with E-state index >= 15 is 0 Å². The molecule has 3 N–H and O–H groups in total. The molecule has 1 amide bonds. The van der Waals surface area contributed by atoms with Gasteiger partial charge in [0.05, 0.1) is 17.8 Å². The quantitative estimate of drug-likeness (QED) is 0.286. The lowest BCUT2D eigenvalue weighted by Crippen LogP contribution is -2.36. The molecule has 0 aliphatic carbocycles. The smallest absolute Gasteiger partial charge is 0.257 e. The number of amides is 1. The molecule has 178 valence electrons. The van der Waals surface area contributed by atoms with Crippen molar-refractivity contribution in [1.29, 1.82) is 0 Å². The van der Waals surface area contributed by atoms with Gasteiger partial charge in [-0.15, -0.1) is 0 Å². The number of rotatable bonds is 6. The molecular weight excluding hydrogens is 434 g/mol. The van der Waals surface area contributed by atoms with E-state index in [2.05, 4.69) is 31.4 Å². The first-order valence-corrected chi connectivity index (χ1v) is 11.0. The van der Waals surface area contributed by atoms with Crippen molar-refractivity contribution in [3.63, 3.8) is 0 Å². The summed E-state index contributed by atoms with van der Waals surface area (Å²) in [6, 6.07) is 13.9. The van der Waals surface area contributed by atoms with Crippen molar-refractivity contribution < 1.29 is 14.3 Å². The first kappa shape index (κ1) is 24.6. The first-order chi connectivity index (χ1) is 16.1. The number of anilines is 3. The van der Waals surface area contributed by atoms with Crippen molar-refractivity contribution in [2.75, 3.05) is 24.7 Å². The van der Waals surface area contributed by atoms with Gasteiger partial charge in [0.1, 0.15) is 22.7 Å². The van der Waals surface area contributed by atoms with Gasteiger partial charge in [-0.1, -0.05) is 45.0 Å². The first-order valence-electron chi connectivity index (χ1n) is 11.0. The summed E-state index contributed by atoms with van der Waals surface area (Å²) in [4.78, 5) is 37.6. The molecule has 8 heteroatoms. The number of benzene rings is 2. The van der Waals surface area contributed by atoms with Crippen LogP contribution in [0.1, 0.15) is 36.9 Å². The SMILES string of the molecule is CC(C)C.CN(C)C(=O)c1cccc(Nc2c(NCc3cc4ccccc4o3)c(=O)c2=O)c1O. The van der Waals surface area contributed by atoms with Gasteiger partial charge in [-0.25, -0.2) is 0 Å². The minimum atomic E-state index is -0.703. The molecule has 0 spiro atoms. The molecule has 0 atom stereocenters. The Hall–Kier alpha value is -4.07. The summed E-state index contributed by atoms with van der Waals surface area (Å²) in [5.41, 5.74) is -0.267. The van der Waals surface area contributed by atoms with Crippen LogP contribution in [0.3, 0.4) is 0 Å². The van der Waals surface area contributed by atoms with E-state index in [0.29, 0.717) is 5.76 Å². The van der Waals surface area contributed by atoms with E-state index in [9.17, 15) is 19.5 Å². The zero-order valence-electron chi connectivity index (χ0n) is 19.9. The molecule has 0 unspecified atom stereocenters. The number of phenolic OH excluding ortho intramolecular Hbond substituents is 1. The van der Waals surface area contributed by atoms with Gasteiger partial charge < -0.3 is 25.1 Å². The molecular formula is C26H29N3O5. The monoisotopic (exact) mass is 463 g/mol. The fourth-order valence-corrected chi connectivity index (χ4v) is 3.17. The molecule has 0 bridgehead atoms. The normalized spacial score (nSPS) is 10.8. The van der Waals surface area contributed by atoms with Crippen molar-refractivity contribution in [2.24, 2.45) is 5.92 Å². The van der Waals surface area contributed by atoms with E-state index < -0.39 is 10.9 Å². The van der Waals surface area contributed by atoms with Crippen LogP contribution in [0.5, 0.6) is 5.75 Å². The standard InChI is InChI=1S/C22H19N3O5.C4H10/c1-25(2)22(29)14-7-5-8-15(19(14)26)24-18-17(20(27)21(18)28)23-11-13-10-12-6-3-4-9-16(12)30-13;1-4(2)3/h3-10,23-24,26H,11H2,1-2H3;4H,1-3H3. The second-order valence-electron chi connectivity index (χ2n) is 8.77. The Labute approximate surface area is 197 Å². The molecule has 0 saturated heterocycles. The number of furan rings is 1. The topological polar surface area (TPSA) is 112 Å². The molecule has 34 heavy (non-hydrogen) atoms. The van der Waals surface area contributed by atoms with E-state index in [1.54, 1.807) is 20.2 Å². The van der Waals surface area contributed by atoms with E-state index in [4.69, 9.17) is 4.42 Å². The molecule has 8 nitrogen and oxygen atoms in total. The van der Waals surface area contributed by atoms with E-state index in [-0.39, 0.29) is 40.8 Å². The van der Waals surface area contributed by atoms with Crippen LogP contribution >= 0.6 is 0 Å². The van der Waals surface area contributed by atoms with Gasteiger partial charge in [0.25, 0.3) is 16.8 Å². The Balaban J connectivity index is 0.000000751. The second kappa shape index (κ2) is 10.2. The largest absolute Gasteiger partial charge is 0.505 e. The maximum Gasteiger partial charge on any atom is 0.257 e. The maximum absolute atomic E-state index is 12.2. The molecule has 0 fully saturated rings. The Morgan fingerprint density at radius 2 is 1.65 bits per heavy atom. The van der Waals surface area contributed by atoms with Crippen LogP contribution in [0, 0.1) is 5.92 Å². The highest BCUT2D eigenvalue weighted by Crippen LogP contribution is 2.32. The summed E-state index contributed by atoms with van der Waals surface area (Å²) < 4.78 is 5.70. The zero-order valence-corrected chi connectivity index (χ0v) is 19.9. The summed E-state index contributed by atoms with van der Waals surface area (Å²) in [5, 5.41) is 17.1. The minimum absolute atomic E-state index is 0.0286. The molecule has 4 rings (SSSR count). The lowest BCUT2D eigenvalue weighted by atomic mass is 10.1. The van der Waals surface area contributed by atoms with Crippen LogP contribution in [0.25, 0.3) is 11.0 Å². The Morgan fingerprint density at radius 3 is 2.29 bits per heavy atom. The van der Waals surface area contributed by atoms with Crippen molar-refractivity contribution in [1.82, 2.24) is 4.90 Å². The third kappa shape index (κ3) is 5.28. The van der Waals surface area contributed by atoms with Crippen LogP contribution in [-0.4, -0.2) is 30.0 Å². The number of hydrogen-bond acceptors (Lipinski definition) is 7. The number of carbonyl (C=O) groups excluding carboxylic acids is 1. The van der Waals surface area contributed by atoms with Crippen LogP contribution in [-0.2, 0) is 6.54 Å². The minimum Gasteiger partial charge on any atom is -0.505 e. The molecule has 1 heterocycles. The van der Waals surface area contributed by atoms with Crippen molar-refractivity contribution in [3.8, 4) is 5.75 Å². The van der Waals surface area contributed by atoms with Crippen LogP contribution < -0.4 is 21.5 Å². The number of aromatic hydroxyl groups is 1. The zero-order chi connectivity index (χ0) is 25.0. The van der Waals surface area contributed by atoms with E-state index in [0.717, 1.165) is 16.9 Å². The van der Waals surface area contributed by atoms with Gasteiger partial charge in [0.2, 0.25) is 0 Å². The number of nitrogens with zero attached hydrogens (tertiary/aromatic N) is 1. The van der Waals surface area contributed by atoms with Crippen LogP contribution in [0.2, 0.25) is 0 Å². The lowest BCUT2D eigenvalue weighted by Gasteiger charge is -2.17. The fraction of sp³-hybridized carbons (Fsp3) is 0.269. The molecule has 0 radical (unpaired) electrons. The number of phenols is 1. The summed E-state index contributed by atoms with van der Waals surface area (Å²) in [6.07, 6.45) is 0. The second-order valence-corrected chi connectivity index (χ2v) is 8.77. The van der Waals surface area contributed by atoms with Crippen LogP contribution in [0.4, 0.5) is 17.1 Å². The summed E-state index contributed by atoms with van der Waals surface area (Å²) in [6.45, 7) is 6.71. The third-order valence-electron chi connectivity index (χ3n) is 4.76. The van der Waals surface area contributed by atoms with Gasteiger partial charge in [0, 0.05) is 19.5 Å². The molecule has 3 aromatic carbocycles. The molecule has 0 aliphatic rings. The highest BCUT2D eigenvalue weighted by molar-refractivity contribution is 5.99. The molecule has 1 aromatic heterocycles. The summed E-state index contributed by atoms with van der Waals surface area (Å²) >= 11 is 0. The lowest BCUT2D eigenvalue weighted by molar-refractivity contribution is 0.0824.